The Morgan fingerprint density at radius 1 is 1.47 bits per heavy atom. The van der Waals surface area contributed by atoms with Crippen LogP contribution >= 0.6 is 0 Å². The molecule has 1 aliphatic carbocycles. The summed E-state index contributed by atoms with van der Waals surface area (Å²) in [5.41, 5.74) is 1.47. The zero-order chi connectivity index (χ0) is 12.1. The van der Waals surface area contributed by atoms with Gasteiger partial charge in [-0.05, 0) is 38.4 Å². The lowest BCUT2D eigenvalue weighted by molar-refractivity contribution is -0.121. The fourth-order valence-electron chi connectivity index (χ4n) is 2.11. The Morgan fingerprint density at radius 3 is 2.88 bits per heavy atom. The molecule has 1 aromatic heterocycles. The molecule has 0 bridgehead atoms. The smallest absolute Gasteiger partial charge is 0.220 e. The summed E-state index contributed by atoms with van der Waals surface area (Å²) >= 11 is 0. The van der Waals surface area contributed by atoms with Crippen LogP contribution in [0.1, 0.15) is 25.0 Å². The summed E-state index contributed by atoms with van der Waals surface area (Å²) in [4.78, 5) is 14.8. The van der Waals surface area contributed by atoms with Gasteiger partial charge in [-0.3, -0.25) is 4.79 Å². The largest absolute Gasteiger partial charge is 0.365 e. The van der Waals surface area contributed by atoms with Crippen molar-refractivity contribution in [1.82, 2.24) is 15.6 Å². The first-order chi connectivity index (χ1) is 8.24. The Kier molecular flexibility index (Phi) is 3.84. The molecule has 1 amide bonds. The summed E-state index contributed by atoms with van der Waals surface area (Å²) < 4.78 is 0. The maximum absolute atomic E-state index is 11.7. The lowest BCUT2D eigenvalue weighted by Gasteiger charge is -2.15. The van der Waals surface area contributed by atoms with Gasteiger partial charge in [-0.25, -0.2) is 0 Å². The SMILES string of the molecule is CNCC1(CNC(=O)CCc2ccc[nH]2)CC1. The first-order valence-corrected chi connectivity index (χ1v) is 6.28. The van der Waals surface area contributed by atoms with Gasteiger partial charge in [0, 0.05) is 36.8 Å². The molecule has 0 saturated heterocycles. The summed E-state index contributed by atoms with van der Waals surface area (Å²) in [6.45, 7) is 1.82. The number of carbonyl (C=O) groups excluding carboxylic acids is 1. The van der Waals surface area contributed by atoms with Crippen molar-refractivity contribution >= 4 is 5.91 Å². The predicted molar refractivity (Wildman–Crippen MR) is 67.7 cm³/mol. The quantitative estimate of drug-likeness (QED) is 0.662. The van der Waals surface area contributed by atoms with Gasteiger partial charge >= 0.3 is 0 Å². The number of H-pyrrole nitrogens is 1. The number of aromatic nitrogens is 1. The van der Waals surface area contributed by atoms with E-state index in [9.17, 15) is 4.79 Å². The van der Waals surface area contributed by atoms with Crippen LogP contribution in [0.25, 0.3) is 0 Å². The van der Waals surface area contributed by atoms with Crippen molar-refractivity contribution in [2.45, 2.75) is 25.7 Å². The van der Waals surface area contributed by atoms with Gasteiger partial charge in [0.25, 0.3) is 0 Å². The van der Waals surface area contributed by atoms with E-state index in [1.54, 1.807) is 0 Å². The second kappa shape index (κ2) is 5.36. The molecule has 0 aromatic carbocycles. The molecule has 94 valence electrons. The summed E-state index contributed by atoms with van der Waals surface area (Å²) in [5, 5.41) is 6.23. The Bertz CT molecular complexity index is 355. The molecule has 17 heavy (non-hydrogen) atoms. The Balaban J connectivity index is 1.64. The van der Waals surface area contributed by atoms with E-state index in [0.717, 1.165) is 25.2 Å². The van der Waals surface area contributed by atoms with Crippen LogP contribution < -0.4 is 10.6 Å². The minimum absolute atomic E-state index is 0.155. The van der Waals surface area contributed by atoms with Gasteiger partial charge in [0.2, 0.25) is 5.91 Å². The fourth-order valence-corrected chi connectivity index (χ4v) is 2.11. The molecule has 0 unspecified atom stereocenters. The fraction of sp³-hybridized carbons (Fsp3) is 0.615. The van der Waals surface area contributed by atoms with Crippen LogP contribution in [0.2, 0.25) is 0 Å². The van der Waals surface area contributed by atoms with Crippen molar-refractivity contribution < 1.29 is 4.79 Å². The number of nitrogens with one attached hydrogen (secondary N) is 3. The van der Waals surface area contributed by atoms with Gasteiger partial charge in [-0.1, -0.05) is 0 Å². The average molecular weight is 235 g/mol. The number of carbonyl (C=O) groups is 1. The highest BCUT2D eigenvalue weighted by Crippen LogP contribution is 2.44. The molecule has 1 aromatic rings. The molecule has 4 nitrogen and oxygen atoms in total. The second-order valence-corrected chi connectivity index (χ2v) is 5.00. The minimum atomic E-state index is 0.155. The molecule has 1 heterocycles. The van der Waals surface area contributed by atoms with E-state index < -0.39 is 0 Å². The number of aromatic amines is 1. The van der Waals surface area contributed by atoms with Crippen LogP contribution in [0, 0.1) is 5.41 Å². The van der Waals surface area contributed by atoms with Crippen LogP contribution in [0.3, 0.4) is 0 Å². The summed E-state index contributed by atoms with van der Waals surface area (Å²) in [6, 6.07) is 3.97. The number of aryl methyl sites for hydroxylation is 1. The first kappa shape index (κ1) is 12.2. The molecule has 2 rings (SSSR count). The highest BCUT2D eigenvalue weighted by molar-refractivity contribution is 5.76. The van der Waals surface area contributed by atoms with Crippen molar-refractivity contribution in [3.63, 3.8) is 0 Å². The van der Waals surface area contributed by atoms with Gasteiger partial charge in [-0.2, -0.15) is 0 Å². The number of hydrogen-bond donors (Lipinski definition) is 3. The van der Waals surface area contributed by atoms with Crippen molar-refractivity contribution in [1.29, 1.82) is 0 Å². The molecule has 4 heteroatoms. The minimum Gasteiger partial charge on any atom is -0.365 e. The Hall–Kier alpha value is -1.29. The molecule has 1 saturated carbocycles. The van der Waals surface area contributed by atoms with Gasteiger partial charge in [0.15, 0.2) is 0 Å². The predicted octanol–water partition coefficient (Wildman–Crippen LogP) is 1.06. The van der Waals surface area contributed by atoms with E-state index in [1.165, 1.54) is 12.8 Å². The van der Waals surface area contributed by atoms with Crippen molar-refractivity contribution in [2.24, 2.45) is 5.41 Å². The third-order valence-electron chi connectivity index (χ3n) is 3.45. The van der Waals surface area contributed by atoms with Gasteiger partial charge in [0.1, 0.15) is 0 Å². The average Bonchev–Trinajstić information content (AvgIpc) is 2.90. The standard InChI is InChI=1S/C13H21N3O/c1-14-9-13(6-7-13)10-16-12(17)5-4-11-3-2-8-15-11/h2-3,8,14-15H,4-7,9-10H2,1H3,(H,16,17). The third kappa shape index (κ3) is 3.60. The highest BCUT2D eigenvalue weighted by Gasteiger charge is 2.41. The maximum atomic E-state index is 11.7. The van der Waals surface area contributed by atoms with Gasteiger partial charge in [0.05, 0.1) is 0 Å². The monoisotopic (exact) mass is 235 g/mol. The van der Waals surface area contributed by atoms with Gasteiger partial charge in [-0.15, -0.1) is 0 Å². The number of amides is 1. The summed E-state index contributed by atoms with van der Waals surface area (Å²) in [7, 11) is 1.97. The summed E-state index contributed by atoms with van der Waals surface area (Å²) in [6.07, 6.45) is 5.70. The second-order valence-electron chi connectivity index (χ2n) is 5.00. The summed E-state index contributed by atoms with van der Waals surface area (Å²) in [5.74, 6) is 0.155. The van der Waals surface area contributed by atoms with Crippen LogP contribution in [-0.4, -0.2) is 31.0 Å². The van der Waals surface area contributed by atoms with E-state index in [1.807, 2.05) is 25.4 Å². The van der Waals surface area contributed by atoms with Gasteiger partial charge < -0.3 is 15.6 Å². The van der Waals surface area contributed by atoms with Crippen molar-refractivity contribution in [3.8, 4) is 0 Å². The normalized spacial score (nSPS) is 16.8. The molecule has 0 spiro atoms. The van der Waals surface area contributed by atoms with E-state index in [2.05, 4.69) is 15.6 Å². The van der Waals surface area contributed by atoms with E-state index in [4.69, 9.17) is 0 Å². The topological polar surface area (TPSA) is 56.9 Å². The number of hydrogen-bond acceptors (Lipinski definition) is 2. The Labute approximate surface area is 102 Å². The van der Waals surface area contributed by atoms with Crippen LogP contribution in [-0.2, 0) is 11.2 Å². The van der Waals surface area contributed by atoms with E-state index in [0.29, 0.717) is 11.8 Å². The lowest BCUT2D eigenvalue weighted by Crippen LogP contribution is -2.35. The zero-order valence-electron chi connectivity index (χ0n) is 10.4. The van der Waals surface area contributed by atoms with E-state index >= 15 is 0 Å². The van der Waals surface area contributed by atoms with Crippen LogP contribution in [0.5, 0.6) is 0 Å². The molecular formula is C13H21N3O. The maximum Gasteiger partial charge on any atom is 0.220 e. The van der Waals surface area contributed by atoms with Crippen LogP contribution in [0.4, 0.5) is 0 Å². The molecule has 0 radical (unpaired) electrons. The molecule has 1 fully saturated rings. The van der Waals surface area contributed by atoms with Crippen molar-refractivity contribution in [2.75, 3.05) is 20.1 Å². The third-order valence-corrected chi connectivity index (χ3v) is 3.45. The van der Waals surface area contributed by atoms with E-state index in [-0.39, 0.29) is 5.91 Å². The number of rotatable bonds is 7. The zero-order valence-corrected chi connectivity index (χ0v) is 10.4. The molecule has 3 N–H and O–H groups in total. The lowest BCUT2D eigenvalue weighted by atomic mass is 10.1. The molecular weight excluding hydrogens is 214 g/mol. The molecule has 1 aliphatic rings. The Morgan fingerprint density at radius 2 is 2.29 bits per heavy atom. The molecule has 0 atom stereocenters. The van der Waals surface area contributed by atoms with Crippen molar-refractivity contribution in [3.05, 3.63) is 24.0 Å². The van der Waals surface area contributed by atoms with Crippen LogP contribution in [0.15, 0.2) is 18.3 Å². The highest BCUT2D eigenvalue weighted by atomic mass is 16.1. The molecule has 0 aliphatic heterocycles. The first-order valence-electron chi connectivity index (χ1n) is 6.28.